The maximum atomic E-state index is 2.23. The van der Waals surface area contributed by atoms with Gasteiger partial charge in [-0.2, -0.15) is 0 Å². The van der Waals surface area contributed by atoms with Crippen LogP contribution >= 0.6 is 47.0 Å². The Bertz CT molecular complexity index is 542. The van der Waals surface area contributed by atoms with Crippen molar-refractivity contribution < 1.29 is 0 Å². The van der Waals surface area contributed by atoms with Crippen LogP contribution in [-0.2, 0) is 0 Å². The fraction of sp³-hybridized carbons (Fsp3) is 0. The summed E-state index contributed by atoms with van der Waals surface area (Å²) < 4.78 is 2.81. The van der Waals surface area contributed by atoms with Gasteiger partial charge in [0, 0.05) is 4.91 Å². The van der Waals surface area contributed by atoms with Crippen LogP contribution in [0.4, 0.5) is 0 Å². The zero-order chi connectivity index (χ0) is 12.2. The summed E-state index contributed by atoms with van der Waals surface area (Å²) >= 11 is 7.33. The second kappa shape index (κ2) is 6.15. The molecular weight excluding hydrogens is 296 g/mol. The lowest BCUT2D eigenvalue weighted by Gasteiger charge is -1.99. The zero-order valence-corrected chi connectivity index (χ0v) is 12.7. The molecule has 0 unspecified atom stereocenters. The SMILES string of the molecule is C1=CSC(=C2SC=C(/C=C/c3ccccc3)S2)S1. The van der Waals surface area contributed by atoms with Crippen molar-refractivity contribution in [3.63, 3.8) is 0 Å². The first-order valence-corrected chi connectivity index (χ1v) is 8.88. The Kier molecular flexibility index (Phi) is 4.31. The monoisotopic (exact) mass is 306 g/mol. The number of rotatable bonds is 2. The summed E-state index contributed by atoms with van der Waals surface area (Å²) in [7, 11) is 0. The lowest BCUT2D eigenvalue weighted by Crippen LogP contribution is -1.69. The van der Waals surface area contributed by atoms with Gasteiger partial charge in [0.15, 0.2) is 0 Å². The number of benzene rings is 1. The van der Waals surface area contributed by atoms with E-state index in [4.69, 9.17) is 0 Å². The molecule has 0 N–H and O–H groups in total. The summed E-state index contributed by atoms with van der Waals surface area (Å²) in [5, 5.41) is 6.52. The van der Waals surface area contributed by atoms with Crippen LogP contribution < -0.4 is 0 Å². The Labute approximate surface area is 124 Å². The third-order valence-electron chi connectivity index (χ3n) is 2.30. The summed E-state index contributed by atoms with van der Waals surface area (Å²) in [5.74, 6) is 0. The summed E-state index contributed by atoms with van der Waals surface area (Å²) in [5.41, 5.74) is 1.25. The first-order valence-electron chi connectivity index (χ1n) is 5.42. The highest BCUT2D eigenvalue weighted by Crippen LogP contribution is 2.53. The Morgan fingerprint density at radius 1 is 0.778 bits per heavy atom. The van der Waals surface area contributed by atoms with Gasteiger partial charge in [-0.3, -0.25) is 0 Å². The number of thioether (sulfide) groups is 4. The largest absolute Gasteiger partial charge is 0.0884 e. The molecule has 2 heterocycles. The average molecular weight is 307 g/mol. The smallest absolute Gasteiger partial charge is 0.0700 e. The molecule has 1 aromatic rings. The Morgan fingerprint density at radius 2 is 1.56 bits per heavy atom. The molecule has 0 saturated heterocycles. The topological polar surface area (TPSA) is 0 Å². The summed E-state index contributed by atoms with van der Waals surface area (Å²) in [4.78, 5) is 1.32. The van der Waals surface area contributed by atoms with Gasteiger partial charge in [-0.25, -0.2) is 0 Å². The van der Waals surface area contributed by atoms with E-state index in [1.165, 1.54) is 18.9 Å². The van der Waals surface area contributed by atoms with Crippen LogP contribution in [0.1, 0.15) is 5.56 Å². The molecular formula is C14H10S4. The van der Waals surface area contributed by atoms with Crippen LogP contribution in [0, 0.1) is 0 Å². The maximum Gasteiger partial charge on any atom is 0.0700 e. The highest BCUT2D eigenvalue weighted by atomic mass is 32.2. The van der Waals surface area contributed by atoms with Crippen LogP contribution in [0.2, 0.25) is 0 Å². The molecule has 0 saturated carbocycles. The number of hydrogen-bond donors (Lipinski definition) is 0. The van der Waals surface area contributed by atoms with Crippen molar-refractivity contribution in [1.29, 1.82) is 0 Å². The molecule has 0 spiro atoms. The van der Waals surface area contributed by atoms with Gasteiger partial charge in [0.1, 0.15) is 0 Å². The molecule has 0 bridgehead atoms. The minimum atomic E-state index is 1.25. The van der Waals surface area contributed by atoms with Crippen molar-refractivity contribution in [1.82, 2.24) is 0 Å². The summed E-state index contributed by atoms with van der Waals surface area (Å²) in [6.07, 6.45) is 4.36. The molecule has 0 amide bonds. The van der Waals surface area contributed by atoms with Gasteiger partial charge in [-0.05, 0) is 27.9 Å². The summed E-state index contributed by atoms with van der Waals surface area (Å²) in [6.45, 7) is 0. The second-order valence-corrected chi connectivity index (χ2v) is 7.88. The molecule has 2 aliphatic heterocycles. The van der Waals surface area contributed by atoms with Crippen molar-refractivity contribution in [3.05, 3.63) is 71.6 Å². The van der Waals surface area contributed by atoms with Crippen LogP contribution in [0.5, 0.6) is 0 Å². The van der Waals surface area contributed by atoms with E-state index in [0.717, 1.165) is 0 Å². The fourth-order valence-corrected chi connectivity index (χ4v) is 5.82. The quantitative estimate of drug-likeness (QED) is 0.647. The normalized spacial score (nSPS) is 19.0. The lowest BCUT2D eigenvalue weighted by molar-refractivity contribution is 1.66. The molecule has 0 aromatic heterocycles. The van der Waals surface area contributed by atoms with Gasteiger partial charge in [0.25, 0.3) is 0 Å². The second-order valence-electron chi connectivity index (χ2n) is 3.57. The fourth-order valence-electron chi connectivity index (χ4n) is 1.48. The molecule has 0 aliphatic carbocycles. The van der Waals surface area contributed by atoms with Crippen molar-refractivity contribution >= 4 is 53.1 Å². The Balaban J connectivity index is 1.66. The highest BCUT2D eigenvalue weighted by Gasteiger charge is 2.16. The van der Waals surface area contributed by atoms with Crippen molar-refractivity contribution in [2.45, 2.75) is 0 Å². The number of hydrogen-bond acceptors (Lipinski definition) is 4. The highest BCUT2D eigenvalue weighted by molar-refractivity contribution is 8.33. The van der Waals surface area contributed by atoms with Crippen LogP contribution in [-0.4, -0.2) is 0 Å². The maximum absolute atomic E-state index is 2.23. The van der Waals surface area contributed by atoms with E-state index in [1.54, 1.807) is 0 Å². The van der Waals surface area contributed by atoms with E-state index in [-0.39, 0.29) is 0 Å². The standard InChI is InChI=1S/C14H10S4/c1-2-4-11(5-3-1)6-7-12-10-17-14(18-12)13-15-8-9-16-13/h1-10H/b7-6+. The van der Waals surface area contributed by atoms with E-state index in [0.29, 0.717) is 0 Å². The van der Waals surface area contributed by atoms with Crippen molar-refractivity contribution in [2.24, 2.45) is 0 Å². The molecule has 2 aliphatic rings. The first kappa shape index (κ1) is 12.6. The van der Waals surface area contributed by atoms with E-state index in [2.05, 4.69) is 52.6 Å². The molecule has 90 valence electrons. The van der Waals surface area contributed by atoms with Gasteiger partial charge < -0.3 is 0 Å². The van der Waals surface area contributed by atoms with E-state index < -0.39 is 0 Å². The van der Waals surface area contributed by atoms with Crippen LogP contribution in [0.3, 0.4) is 0 Å². The Hall–Kier alpha value is -0.420. The van der Waals surface area contributed by atoms with Gasteiger partial charge in [0.2, 0.25) is 0 Å². The predicted octanol–water partition coefficient (Wildman–Crippen LogP) is 6.10. The molecule has 1 aromatic carbocycles. The summed E-state index contributed by atoms with van der Waals surface area (Å²) in [6, 6.07) is 10.4. The van der Waals surface area contributed by atoms with Gasteiger partial charge >= 0.3 is 0 Å². The minimum Gasteiger partial charge on any atom is -0.0884 e. The molecule has 0 atom stereocenters. The molecule has 0 radical (unpaired) electrons. The van der Waals surface area contributed by atoms with Crippen molar-refractivity contribution in [3.8, 4) is 0 Å². The van der Waals surface area contributed by atoms with E-state index >= 15 is 0 Å². The van der Waals surface area contributed by atoms with Gasteiger partial charge in [-0.15, -0.1) is 0 Å². The minimum absolute atomic E-state index is 1.25. The predicted molar refractivity (Wildman–Crippen MR) is 90.1 cm³/mol. The van der Waals surface area contributed by atoms with E-state index in [9.17, 15) is 0 Å². The van der Waals surface area contributed by atoms with Gasteiger partial charge in [-0.1, -0.05) is 83.5 Å². The van der Waals surface area contributed by atoms with Crippen LogP contribution in [0.25, 0.3) is 6.08 Å². The Morgan fingerprint density at radius 3 is 2.33 bits per heavy atom. The molecule has 0 fully saturated rings. The number of allylic oxidation sites excluding steroid dienone is 1. The van der Waals surface area contributed by atoms with Crippen LogP contribution in [0.15, 0.2) is 66.0 Å². The lowest BCUT2D eigenvalue weighted by atomic mass is 10.2. The van der Waals surface area contributed by atoms with Gasteiger partial charge in [0.05, 0.1) is 8.47 Å². The molecule has 18 heavy (non-hydrogen) atoms. The molecule has 3 rings (SSSR count). The van der Waals surface area contributed by atoms with E-state index in [1.807, 2.05) is 53.1 Å². The zero-order valence-electron chi connectivity index (χ0n) is 9.41. The third kappa shape index (κ3) is 3.12. The molecule has 0 nitrogen and oxygen atoms in total. The molecule has 4 heteroatoms. The van der Waals surface area contributed by atoms with Crippen molar-refractivity contribution in [2.75, 3.05) is 0 Å². The first-order chi connectivity index (χ1) is 8.92. The third-order valence-corrected chi connectivity index (χ3v) is 7.31. The average Bonchev–Trinajstić information content (AvgIpc) is 3.08.